The first kappa shape index (κ1) is 19.0. The summed E-state index contributed by atoms with van der Waals surface area (Å²) in [6.45, 7) is 1.92. The lowest BCUT2D eigenvalue weighted by molar-refractivity contribution is -0.384. The van der Waals surface area contributed by atoms with E-state index in [0.717, 1.165) is 5.56 Å². The molecule has 1 heterocycles. The molecule has 0 aliphatic heterocycles. The molecule has 9 nitrogen and oxygen atoms in total. The zero-order chi connectivity index (χ0) is 19.1. The predicted octanol–water partition coefficient (Wildman–Crippen LogP) is 1.87. The summed E-state index contributed by atoms with van der Waals surface area (Å²) in [4.78, 5) is 37.9. The number of amides is 1. The number of aryl methyl sites for hydroxylation is 1. The molecule has 1 aromatic carbocycles. The molecule has 0 aliphatic rings. The van der Waals surface area contributed by atoms with Crippen LogP contribution in [0, 0.1) is 17.0 Å². The Hall–Kier alpha value is -3.33. The van der Waals surface area contributed by atoms with Gasteiger partial charge in [-0.1, -0.05) is 12.1 Å². The van der Waals surface area contributed by atoms with Crippen LogP contribution >= 0.6 is 0 Å². The third-order valence-corrected chi connectivity index (χ3v) is 3.59. The van der Waals surface area contributed by atoms with E-state index in [1.54, 1.807) is 37.5 Å². The molecule has 0 unspecified atom stereocenters. The van der Waals surface area contributed by atoms with Gasteiger partial charge in [-0.2, -0.15) is 0 Å². The monoisotopic (exact) mass is 358 g/mol. The van der Waals surface area contributed by atoms with Crippen LogP contribution in [-0.2, 0) is 16.1 Å². The lowest BCUT2D eigenvalue weighted by atomic mass is 10.1. The number of aromatic nitrogens is 1. The van der Waals surface area contributed by atoms with Crippen molar-refractivity contribution in [3.8, 4) is 0 Å². The van der Waals surface area contributed by atoms with Gasteiger partial charge in [0.15, 0.2) is 0 Å². The molecule has 0 saturated heterocycles. The number of nitrogens with one attached hydrogen (secondary N) is 2. The molecular formula is C17H18N4O5. The van der Waals surface area contributed by atoms with Gasteiger partial charge in [-0.25, -0.2) is 0 Å². The van der Waals surface area contributed by atoms with Crippen molar-refractivity contribution in [1.82, 2.24) is 10.3 Å². The number of hydrogen-bond acceptors (Lipinski definition) is 6. The van der Waals surface area contributed by atoms with Crippen LogP contribution in [-0.4, -0.2) is 32.9 Å². The molecule has 0 saturated carbocycles. The number of hydrogen-bond donors (Lipinski definition) is 3. The molecule has 136 valence electrons. The van der Waals surface area contributed by atoms with Crippen LogP contribution in [0.2, 0.25) is 0 Å². The van der Waals surface area contributed by atoms with Gasteiger partial charge in [0.05, 0.1) is 11.3 Å². The summed E-state index contributed by atoms with van der Waals surface area (Å²) in [6, 6.07) is 6.73. The van der Waals surface area contributed by atoms with Crippen LogP contribution in [0.4, 0.5) is 11.4 Å². The number of carbonyl (C=O) groups excluding carboxylic acids is 1. The maximum absolute atomic E-state index is 12.1. The van der Waals surface area contributed by atoms with E-state index in [0.29, 0.717) is 5.56 Å². The first-order valence-electron chi connectivity index (χ1n) is 7.77. The average molecular weight is 358 g/mol. The topological polar surface area (TPSA) is 134 Å². The molecule has 0 aliphatic carbocycles. The highest BCUT2D eigenvalue weighted by Gasteiger charge is 2.23. The van der Waals surface area contributed by atoms with Crippen molar-refractivity contribution >= 4 is 23.3 Å². The second-order valence-corrected chi connectivity index (χ2v) is 5.66. The Morgan fingerprint density at radius 3 is 2.73 bits per heavy atom. The van der Waals surface area contributed by atoms with E-state index in [-0.39, 0.29) is 24.3 Å². The van der Waals surface area contributed by atoms with Gasteiger partial charge >= 0.3 is 5.97 Å². The minimum absolute atomic E-state index is 0.0296. The van der Waals surface area contributed by atoms with E-state index >= 15 is 0 Å². The van der Waals surface area contributed by atoms with E-state index in [9.17, 15) is 24.8 Å². The maximum Gasteiger partial charge on any atom is 0.321 e. The fraction of sp³-hybridized carbons (Fsp3) is 0.235. The summed E-state index contributed by atoms with van der Waals surface area (Å²) < 4.78 is 0. The van der Waals surface area contributed by atoms with Crippen LogP contribution in [0.15, 0.2) is 42.7 Å². The van der Waals surface area contributed by atoms with Gasteiger partial charge in [-0.05, 0) is 30.2 Å². The number of nitrogens with zero attached hydrogens (tertiary/aromatic N) is 2. The molecule has 0 spiro atoms. The largest absolute Gasteiger partial charge is 0.480 e. The van der Waals surface area contributed by atoms with Crippen molar-refractivity contribution < 1.29 is 19.6 Å². The van der Waals surface area contributed by atoms with Gasteiger partial charge in [0.1, 0.15) is 11.7 Å². The Labute approximate surface area is 149 Å². The zero-order valence-corrected chi connectivity index (χ0v) is 14.0. The third-order valence-electron chi connectivity index (χ3n) is 3.59. The fourth-order valence-electron chi connectivity index (χ4n) is 2.28. The number of nitro groups is 1. The number of carboxylic acids is 1. The highest BCUT2D eigenvalue weighted by atomic mass is 16.6. The SMILES string of the molecule is Cc1ccc(NC(=O)C[C@@H](NCc2cccnc2)C(=O)O)c([N+](=O)[O-])c1. The lowest BCUT2D eigenvalue weighted by Gasteiger charge is -2.14. The number of aliphatic carboxylic acids is 1. The highest BCUT2D eigenvalue weighted by Crippen LogP contribution is 2.25. The average Bonchev–Trinajstić information content (AvgIpc) is 2.60. The summed E-state index contributed by atoms with van der Waals surface area (Å²) in [5, 5.41) is 25.5. The molecule has 9 heteroatoms. The Kier molecular flexibility index (Phi) is 6.34. The molecule has 0 fully saturated rings. The van der Waals surface area contributed by atoms with Gasteiger partial charge in [-0.15, -0.1) is 0 Å². The number of carbonyl (C=O) groups is 2. The van der Waals surface area contributed by atoms with Crippen molar-refractivity contribution in [2.75, 3.05) is 5.32 Å². The lowest BCUT2D eigenvalue weighted by Crippen LogP contribution is -2.39. The van der Waals surface area contributed by atoms with Gasteiger partial charge in [0.2, 0.25) is 5.91 Å². The molecule has 0 radical (unpaired) electrons. The maximum atomic E-state index is 12.1. The van der Waals surface area contributed by atoms with Gasteiger partial charge in [-0.3, -0.25) is 30.0 Å². The first-order chi connectivity index (χ1) is 12.4. The molecule has 3 N–H and O–H groups in total. The summed E-state index contributed by atoms with van der Waals surface area (Å²) in [7, 11) is 0. The molecule has 0 bridgehead atoms. The van der Waals surface area contributed by atoms with Crippen molar-refractivity contribution in [3.05, 3.63) is 64.0 Å². The van der Waals surface area contributed by atoms with Crippen molar-refractivity contribution in [1.29, 1.82) is 0 Å². The summed E-state index contributed by atoms with van der Waals surface area (Å²) in [6.07, 6.45) is 2.81. The van der Waals surface area contributed by atoms with E-state index < -0.39 is 22.8 Å². The summed E-state index contributed by atoms with van der Waals surface area (Å²) in [5.74, 6) is -1.83. The van der Waals surface area contributed by atoms with Crippen molar-refractivity contribution in [2.24, 2.45) is 0 Å². The second kappa shape index (κ2) is 8.67. The molecule has 26 heavy (non-hydrogen) atoms. The first-order valence-corrected chi connectivity index (χ1v) is 7.77. The Morgan fingerprint density at radius 2 is 2.12 bits per heavy atom. The number of carboxylic acid groups (broad SMARTS) is 1. The summed E-state index contributed by atoms with van der Waals surface area (Å²) >= 11 is 0. The standard InChI is InChI=1S/C17H18N4O5/c1-11-4-5-13(15(7-11)21(25)26)20-16(22)8-14(17(23)24)19-10-12-3-2-6-18-9-12/h2-7,9,14,19H,8,10H2,1H3,(H,20,22)(H,23,24)/t14-/m1/s1. The molecule has 2 aromatic rings. The van der Waals surface area contributed by atoms with E-state index in [1.807, 2.05) is 0 Å². The minimum atomic E-state index is -1.19. The normalized spacial score (nSPS) is 11.6. The summed E-state index contributed by atoms with van der Waals surface area (Å²) in [5.41, 5.74) is 1.24. The number of nitro benzene ring substituents is 1. The second-order valence-electron chi connectivity index (χ2n) is 5.66. The van der Waals surface area contributed by atoms with Crippen LogP contribution in [0.3, 0.4) is 0 Å². The van der Waals surface area contributed by atoms with Crippen LogP contribution in [0.5, 0.6) is 0 Å². The Bertz CT molecular complexity index is 810. The molecule has 2 rings (SSSR count). The highest BCUT2D eigenvalue weighted by molar-refractivity contribution is 5.95. The number of benzene rings is 1. The zero-order valence-electron chi connectivity index (χ0n) is 14.0. The van der Waals surface area contributed by atoms with Crippen molar-refractivity contribution in [3.63, 3.8) is 0 Å². The van der Waals surface area contributed by atoms with Gasteiger partial charge < -0.3 is 10.4 Å². The number of pyridine rings is 1. The smallest absolute Gasteiger partial charge is 0.321 e. The van der Waals surface area contributed by atoms with Crippen molar-refractivity contribution in [2.45, 2.75) is 25.9 Å². The van der Waals surface area contributed by atoms with Crippen LogP contribution < -0.4 is 10.6 Å². The van der Waals surface area contributed by atoms with E-state index in [2.05, 4.69) is 15.6 Å². The van der Waals surface area contributed by atoms with E-state index in [4.69, 9.17) is 0 Å². The van der Waals surface area contributed by atoms with E-state index in [1.165, 1.54) is 12.1 Å². The Morgan fingerprint density at radius 1 is 1.35 bits per heavy atom. The molecule has 1 amide bonds. The fourth-order valence-corrected chi connectivity index (χ4v) is 2.28. The van der Waals surface area contributed by atoms with Gasteiger partial charge in [0, 0.05) is 25.0 Å². The molecular weight excluding hydrogens is 340 g/mol. The van der Waals surface area contributed by atoms with Gasteiger partial charge in [0.25, 0.3) is 5.69 Å². The number of anilines is 1. The predicted molar refractivity (Wildman–Crippen MR) is 93.6 cm³/mol. The van der Waals surface area contributed by atoms with Crippen LogP contribution in [0.25, 0.3) is 0 Å². The third kappa shape index (κ3) is 5.35. The Balaban J connectivity index is 2.02. The molecule has 1 atom stereocenters. The molecule has 1 aromatic heterocycles. The number of rotatable bonds is 8. The van der Waals surface area contributed by atoms with Crippen LogP contribution in [0.1, 0.15) is 17.5 Å². The minimum Gasteiger partial charge on any atom is -0.480 e. The quantitative estimate of drug-likeness (QED) is 0.484.